The Kier molecular flexibility index (Phi) is 4.37. The van der Waals surface area contributed by atoms with Crippen LogP contribution in [-0.4, -0.2) is 29.8 Å². The molecule has 0 aromatic rings. The van der Waals surface area contributed by atoms with E-state index in [9.17, 15) is 9.59 Å². The third kappa shape index (κ3) is 5.06. The molecule has 5 nitrogen and oxygen atoms in total. The SMILES string of the molecule is CC(NC(=O)OC(C)(C)C)C(=O)OC1CCC1. The zero-order valence-corrected chi connectivity index (χ0v) is 10.9. The van der Waals surface area contributed by atoms with Gasteiger partial charge < -0.3 is 14.8 Å². The predicted octanol–water partition coefficient (Wildman–Crippen LogP) is 2.00. The first-order valence-electron chi connectivity index (χ1n) is 5.98. The summed E-state index contributed by atoms with van der Waals surface area (Å²) in [5.41, 5.74) is -0.568. The summed E-state index contributed by atoms with van der Waals surface area (Å²) in [5, 5.41) is 2.45. The molecule has 0 saturated heterocycles. The Morgan fingerprint density at radius 1 is 1.29 bits per heavy atom. The second kappa shape index (κ2) is 5.38. The van der Waals surface area contributed by atoms with Gasteiger partial charge in [-0.25, -0.2) is 9.59 Å². The number of carbonyl (C=O) groups excluding carboxylic acids is 2. The highest BCUT2D eigenvalue weighted by atomic mass is 16.6. The first-order chi connectivity index (χ1) is 7.78. The number of hydrogen-bond donors (Lipinski definition) is 1. The van der Waals surface area contributed by atoms with Crippen LogP contribution in [0.4, 0.5) is 4.79 Å². The average Bonchev–Trinajstić information content (AvgIpc) is 2.07. The molecular formula is C12H21NO4. The molecule has 0 spiro atoms. The molecule has 1 aliphatic carbocycles. The fraction of sp³-hybridized carbons (Fsp3) is 0.833. The largest absolute Gasteiger partial charge is 0.461 e. The van der Waals surface area contributed by atoms with Gasteiger partial charge in [-0.3, -0.25) is 0 Å². The van der Waals surface area contributed by atoms with E-state index in [1.807, 2.05) is 0 Å². The Balaban J connectivity index is 2.29. The minimum atomic E-state index is -0.676. The van der Waals surface area contributed by atoms with Crippen molar-refractivity contribution in [2.24, 2.45) is 0 Å². The van der Waals surface area contributed by atoms with E-state index in [-0.39, 0.29) is 6.10 Å². The van der Waals surface area contributed by atoms with Crippen molar-refractivity contribution in [3.8, 4) is 0 Å². The van der Waals surface area contributed by atoms with E-state index in [1.54, 1.807) is 27.7 Å². The number of ether oxygens (including phenoxy) is 2. The summed E-state index contributed by atoms with van der Waals surface area (Å²) in [7, 11) is 0. The molecule has 0 bridgehead atoms. The minimum absolute atomic E-state index is 0.0328. The fourth-order valence-electron chi connectivity index (χ4n) is 1.30. The molecule has 98 valence electrons. The monoisotopic (exact) mass is 243 g/mol. The van der Waals surface area contributed by atoms with Gasteiger partial charge in [0.25, 0.3) is 0 Å². The van der Waals surface area contributed by atoms with Crippen molar-refractivity contribution in [1.82, 2.24) is 5.32 Å². The summed E-state index contributed by atoms with van der Waals surface area (Å²) in [6, 6.07) is -0.676. The normalized spacial score (nSPS) is 17.9. The Labute approximate surface area is 102 Å². The van der Waals surface area contributed by atoms with E-state index in [0.717, 1.165) is 19.3 Å². The topological polar surface area (TPSA) is 64.6 Å². The van der Waals surface area contributed by atoms with Crippen molar-refractivity contribution in [2.45, 2.75) is 64.7 Å². The molecule has 1 saturated carbocycles. The van der Waals surface area contributed by atoms with Crippen LogP contribution in [0, 0.1) is 0 Å². The van der Waals surface area contributed by atoms with Gasteiger partial charge in [0.15, 0.2) is 0 Å². The van der Waals surface area contributed by atoms with Crippen molar-refractivity contribution < 1.29 is 19.1 Å². The Morgan fingerprint density at radius 3 is 2.29 bits per heavy atom. The molecular weight excluding hydrogens is 222 g/mol. The van der Waals surface area contributed by atoms with Crippen LogP contribution >= 0.6 is 0 Å². The number of alkyl carbamates (subject to hydrolysis) is 1. The van der Waals surface area contributed by atoms with Gasteiger partial charge in [0, 0.05) is 0 Å². The molecule has 0 aromatic carbocycles. The molecule has 17 heavy (non-hydrogen) atoms. The molecule has 1 aliphatic rings. The highest BCUT2D eigenvalue weighted by molar-refractivity contribution is 5.81. The second-order valence-corrected chi connectivity index (χ2v) is 5.36. The molecule has 1 rings (SSSR count). The number of rotatable bonds is 3. The number of hydrogen-bond acceptors (Lipinski definition) is 4. The number of carbonyl (C=O) groups is 2. The van der Waals surface area contributed by atoms with Gasteiger partial charge in [-0.1, -0.05) is 0 Å². The summed E-state index contributed by atoms with van der Waals surface area (Å²) in [6.07, 6.45) is 2.38. The molecule has 0 heterocycles. The van der Waals surface area contributed by atoms with Crippen molar-refractivity contribution >= 4 is 12.1 Å². The lowest BCUT2D eigenvalue weighted by molar-refractivity contribution is -0.155. The first kappa shape index (κ1) is 13.8. The summed E-state index contributed by atoms with van der Waals surface area (Å²) in [4.78, 5) is 23.0. The van der Waals surface area contributed by atoms with Gasteiger partial charge in [0.05, 0.1) is 0 Å². The summed E-state index contributed by atoms with van der Waals surface area (Å²) >= 11 is 0. The highest BCUT2D eigenvalue weighted by Gasteiger charge is 2.26. The third-order valence-corrected chi connectivity index (χ3v) is 2.42. The van der Waals surface area contributed by atoms with E-state index < -0.39 is 23.7 Å². The van der Waals surface area contributed by atoms with E-state index in [1.165, 1.54) is 0 Å². The molecule has 1 unspecified atom stereocenters. The molecule has 5 heteroatoms. The maximum Gasteiger partial charge on any atom is 0.408 e. The quantitative estimate of drug-likeness (QED) is 0.770. The lowest BCUT2D eigenvalue weighted by Crippen LogP contribution is -2.44. The van der Waals surface area contributed by atoms with Gasteiger partial charge in [-0.05, 0) is 47.0 Å². The molecule has 1 atom stereocenters. The van der Waals surface area contributed by atoms with E-state index in [4.69, 9.17) is 9.47 Å². The van der Waals surface area contributed by atoms with Crippen LogP contribution in [0.5, 0.6) is 0 Å². The lowest BCUT2D eigenvalue weighted by atomic mass is 9.96. The predicted molar refractivity (Wildman–Crippen MR) is 62.6 cm³/mol. The minimum Gasteiger partial charge on any atom is -0.461 e. The maximum absolute atomic E-state index is 11.6. The van der Waals surface area contributed by atoms with Gasteiger partial charge in [0.1, 0.15) is 17.7 Å². The van der Waals surface area contributed by atoms with Crippen LogP contribution in [-0.2, 0) is 14.3 Å². The van der Waals surface area contributed by atoms with Crippen molar-refractivity contribution in [2.75, 3.05) is 0 Å². The van der Waals surface area contributed by atoms with E-state index >= 15 is 0 Å². The molecule has 1 fully saturated rings. The molecule has 0 radical (unpaired) electrons. The Morgan fingerprint density at radius 2 is 1.88 bits per heavy atom. The molecule has 0 aliphatic heterocycles. The van der Waals surface area contributed by atoms with Gasteiger partial charge >= 0.3 is 12.1 Å². The molecule has 1 N–H and O–H groups in total. The van der Waals surface area contributed by atoms with Crippen molar-refractivity contribution in [1.29, 1.82) is 0 Å². The Hall–Kier alpha value is -1.26. The van der Waals surface area contributed by atoms with Crippen LogP contribution in [0.15, 0.2) is 0 Å². The number of nitrogens with one attached hydrogen (secondary N) is 1. The number of amides is 1. The van der Waals surface area contributed by atoms with E-state index in [0.29, 0.717) is 0 Å². The van der Waals surface area contributed by atoms with Crippen LogP contribution in [0.2, 0.25) is 0 Å². The summed E-state index contributed by atoms with van der Waals surface area (Å²) in [5.74, 6) is -0.402. The smallest absolute Gasteiger partial charge is 0.408 e. The van der Waals surface area contributed by atoms with Gasteiger partial charge in [-0.2, -0.15) is 0 Å². The van der Waals surface area contributed by atoms with Crippen LogP contribution in [0.3, 0.4) is 0 Å². The van der Waals surface area contributed by atoms with Crippen molar-refractivity contribution in [3.05, 3.63) is 0 Å². The van der Waals surface area contributed by atoms with Crippen molar-refractivity contribution in [3.63, 3.8) is 0 Å². The van der Waals surface area contributed by atoms with Crippen LogP contribution in [0.1, 0.15) is 47.0 Å². The third-order valence-electron chi connectivity index (χ3n) is 2.42. The van der Waals surface area contributed by atoms with Gasteiger partial charge in [0.2, 0.25) is 0 Å². The highest BCUT2D eigenvalue weighted by Crippen LogP contribution is 2.22. The molecule has 0 aromatic heterocycles. The van der Waals surface area contributed by atoms with Crippen LogP contribution < -0.4 is 5.32 Å². The molecule has 1 amide bonds. The standard InChI is InChI=1S/C12H21NO4/c1-8(10(14)16-9-6-5-7-9)13-11(15)17-12(2,3)4/h8-9H,5-7H2,1-4H3,(H,13,15). The fourth-order valence-corrected chi connectivity index (χ4v) is 1.30. The zero-order chi connectivity index (χ0) is 13.1. The number of esters is 1. The Bertz CT molecular complexity index is 291. The van der Waals surface area contributed by atoms with Gasteiger partial charge in [-0.15, -0.1) is 0 Å². The first-order valence-corrected chi connectivity index (χ1v) is 5.98. The van der Waals surface area contributed by atoms with Crippen LogP contribution in [0.25, 0.3) is 0 Å². The second-order valence-electron chi connectivity index (χ2n) is 5.36. The lowest BCUT2D eigenvalue weighted by Gasteiger charge is -2.27. The maximum atomic E-state index is 11.6. The summed E-state index contributed by atoms with van der Waals surface area (Å²) < 4.78 is 10.2. The zero-order valence-electron chi connectivity index (χ0n) is 10.9. The summed E-state index contributed by atoms with van der Waals surface area (Å²) in [6.45, 7) is 6.89. The average molecular weight is 243 g/mol. The van der Waals surface area contributed by atoms with E-state index in [2.05, 4.69) is 5.32 Å².